The molecule has 0 aliphatic heterocycles. The zero-order chi connectivity index (χ0) is 9.80. The van der Waals surface area contributed by atoms with Crippen LogP contribution in [-0.4, -0.2) is 18.6 Å². The van der Waals surface area contributed by atoms with Crippen LogP contribution in [-0.2, 0) is 0 Å². The van der Waals surface area contributed by atoms with Gasteiger partial charge in [0.25, 0.3) is 0 Å². The highest BCUT2D eigenvalue weighted by atomic mass is 15.0. The lowest BCUT2D eigenvalue weighted by Crippen LogP contribution is -2.20. The van der Waals surface area contributed by atoms with Gasteiger partial charge in [-0.05, 0) is 24.8 Å². The minimum atomic E-state index is 0.890. The molecule has 2 rings (SSSR count). The molecule has 1 aromatic heterocycles. The molecule has 1 aliphatic rings. The van der Waals surface area contributed by atoms with Crippen LogP contribution < -0.4 is 10.6 Å². The molecule has 14 heavy (non-hydrogen) atoms. The molecule has 76 valence electrons. The van der Waals surface area contributed by atoms with Gasteiger partial charge in [-0.25, -0.2) is 4.98 Å². The largest absolute Gasteiger partial charge is 0.385 e. The van der Waals surface area contributed by atoms with E-state index in [4.69, 9.17) is 0 Å². The Balaban J connectivity index is 1.87. The molecular weight excluding hydrogens is 174 g/mol. The molecule has 2 N–H and O–H groups in total. The standard InChI is InChI=1S/C11H17N3/c1-12-11-7-10(5-6-13-11)14-8-9-3-2-4-9/h5-7,9H,2-4,8H2,1H3,(H2,12,13,14). The highest BCUT2D eigenvalue weighted by molar-refractivity contribution is 5.51. The van der Waals surface area contributed by atoms with E-state index in [-0.39, 0.29) is 0 Å². The van der Waals surface area contributed by atoms with Crippen molar-refractivity contribution in [2.24, 2.45) is 5.92 Å². The first-order valence-corrected chi connectivity index (χ1v) is 5.26. The fourth-order valence-electron chi connectivity index (χ4n) is 1.64. The number of nitrogens with zero attached hydrogens (tertiary/aromatic N) is 1. The van der Waals surface area contributed by atoms with E-state index in [0.29, 0.717) is 0 Å². The maximum absolute atomic E-state index is 4.17. The average Bonchev–Trinajstić information content (AvgIpc) is 2.16. The van der Waals surface area contributed by atoms with Crippen LogP contribution in [0.4, 0.5) is 11.5 Å². The molecule has 0 aromatic carbocycles. The van der Waals surface area contributed by atoms with E-state index in [2.05, 4.69) is 15.6 Å². The summed E-state index contributed by atoms with van der Waals surface area (Å²) < 4.78 is 0. The Kier molecular flexibility index (Phi) is 2.87. The Labute approximate surface area is 84.9 Å². The number of hydrogen-bond donors (Lipinski definition) is 2. The molecule has 1 fully saturated rings. The summed E-state index contributed by atoms with van der Waals surface area (Å²) in [7, 11) is 1.89. The molecule has 0 radical (unpaired) electrons. The number of hydrogen-bond acceptors (Lipinski definition) is 3. The summed E-state index contributed by atoms with van der Waals surface area (Å²) in [5, 5.41) is 6.47. The van der Waals surface area contributed by atoms with E-state index >= 15 is 0 Å². The monoisotopic (exact) mass is 191 g/mol. The van der Waals surface area contributed by atoms with Gasteiger partial charge in [-0.2, -0.15) is 0 Å². The molecule has 3 heteroatoms. The lowest BCUT2D eigenvalue weighted by molar-refractivity contribution is 0.333. The van der Waals surface area contributed by atoms with Crippen LogP contribution in [0.2, 0.25) is 0 Å². The summed E-state index contributed by atoms with van der Waals surface area (Å²) in [6.45, 7) is 1.10. The Morgan fingerprint density at radius 1 is 1.50 bits per heavy atom. The highest BCUT2D eigenvalue weighted by Crippen LogP contribution is 2.26. The summed E-state index contributed by atoms with van der Waals surface area (Å²) in [6, 6.07) is 4.05. The lowest BCUT2D eigenvalue weighted by atomic mass is 9.85. The van der Waals surface area contributed by atoms with Crippen LogP contribution in [0.5, 0.6) is 0 Å². The third-order valence-electron chi connectivity index (χ3n) is 2.84. The van der Waals surface area contributed by atoms with Crippen molar-refractivity contribution in [2.75, 3.05) is 24.2 Å². The second kappa shape index (κ2) is 4.31. The predicted molar refractivity (Wildman–Crippen MR) is 59.6 cm³/mol. The Bertz CT molecular complexity index is 294. The molecule has 0 unspecified atom stereocenters. The van der Waals surface area contributed by atoms with Crippen LogP contribution in [0.3, 0.4) is 0 Å². The summed E-state index contributed by atoms with van der Waals surface area (Å²) in [5.74, 6) is 1.81. The minimum absolute atomic E-state index is 0.890. The zero-order valence-electron chi connectivity index (χ0n) is 8.59. The van der Waals surface area contributed by atoms with E-state index in [0.717, 1.165) is 24.0 Å². The number of rotatable bonds is 4. The van der Waals surface area contributed by atoms with Crippen LogP contribution in [0.25, 0.3) is 0 Å². The van der Waals surface area contributed by atoms with Gasteiger partial charge in [0, 0.05) is 31.5 Å². The molecule has 0 amide bonds. The SMILES string of the molecule is CNc1cc(NCC2CCC2)ccn1. The smallest absolute Gasteiger partial charge is 0.127 e. The first-order valence-electron chi connectivity index (χ1n) is 5.26. The minimum Gasteiger partial charge on any atom is -0.385 e. The molecule has 1 heterocycles. The lowest BCUT2D eigenvalue weighted by Gasteiger charge is -2.25. The highest BCUT2D eigenvalue weighted by Gasteiger charge is 2.16. The van der Waals surface area contributed by atoms with Crippen molar-refractivity contribution >= 4 is 11.5 Å². The van der Waals surface area contributed by atoms with Crippen molar-refractivity contribution in [1.29, 1.82) is 0 Å². The maximum atomic E-state index is 4.17. The predicted octanol–water partition coefficient (Wildman–Crippen LogP) is 2.34. The number of anilines is 2. The fraction of sp³-hybridized carbons (Fsp3) is 0.545. The molecule has 1 saturated carbocycles. The Morgan fingerprint density at radius 2 is 2.36 bits per heavy atom. The molecule has 3 nitrogen and oxygen atoms in total. The van der Waals surface area contributed by atoms with E-state index in [1.165, 1.54) is 19.3 Å². The van der Waals surface area contributed by atoms with Crippen molar-refractivity contribution in [3.8, 4) is 0 Å². The van der Waals surface area contributed by atoms with Gasteiger partial charge in [-0.15, -0.1) is 0 Å². The molecular formula is C11H17N3. The second-order valence-corrected chi connectivity index (χ2v) is 3.86. The van der Waals surface area contributed by atoms with Gasteiger partial charge < -0.3 is 10.6 Å². The van der Waals surface area contributed by atoms with E-state index in [1.54, 1.807) is 0 Å². The molecule has 0 atom stereocenters. The average molecular weight is 191 g/mol. The normalized spacial score (nSPS) is 16.1. The molecule has 0 saturated heterocycles. The Hall–Kier alpha value is -1.25. The van der Waals surface area contributed by atoms with E-state index in [9.17, 15) is 0 Å². The van der Waals surface area contributed by atoms with Crippen molar-refractivity contribution in [3.05, 3.63) is 18.3 Å². The van der Waals surface area contributed by atoms with Gasteiger partial charge in [-0.3, -0.25) is 0 Å². The Morgan fingerprint density at radius 3 is 3.00 bits per heavy atom. The number of aromatic nitrogens is 1. The zero-order valence-corrected chi connectivity index (χ0v) is 8.59. The summed E-state index contributed by atoms with van der Waals surface area (Å²) in [4.78, 5) is 4.17. The van der Waals surface area contributed by atoms with Crippen molar-refractivity contribution < 1.29 is 0 Å². The van der Waals surface area contributed by atoms with Gasteiger partial charge in [0.2, 0.25) is 0 Å². The topological polar surface area (TPSA) is 37.0 Å². The van der Waals surface area contributed by atoms with Crippen molar-refractivity contribution in [1.82, 2.24) is 4.98 Å². The molecule has 0 bridgehead atoms. The number of pyridine rings is 1. The number of nitrogens with one attached hydrogen (secondary N) is 2. The van der Waals surface area contributed by atoms with Gasteiger partial charge in [0.05, 0.1) is 0 Å². The fourth-order valence-corrected chi connectivity index (χ4v) is 1.64. The van der Waals surface area contributed by atoms with Gasteiger partial charge in [-0.1, -0.05) is 6.42 Å². The third-order valence-corrected chi connectivity index (χ3v) is 2.84. The van der Waals surface area contributed by atoms with E-state index < -0.39 is 0 Å². The summed E-state index contributed by atoms with van der Waals surface area (Å²) in [5.41, 5.74) is 1.16. The summed E-state index contributed by atoms with van der Waals surface area (Å²) in [6.07, 6.45) is 6.01. The second-order valence-electron chi connectivity index (χ2n) is 3.86. The van der Waals surface area contributed by atoms with E-state index in [1.807, 2.05) is 25.4 Å². The van der Waals surface area contributed by atoms with Crippen LogP contribution in [0.1, 0.15) is 19.3 Å². The van der Waals surface area contributed by atoms with Crippen LogP contribution in [0, 0.1) is 5.92 Å². The first-order chi connectivity index (χ1) is 6.88. The summed E-state index contributed by atoms with van der Waals surface area (Å²) >= 11 is 0. The maximum Gasteiger partial charge on any atom is 0.127 e. The van der Waals surface area contributed by atoms with Crippen molar-refractivity contribution in [2.45, 2.75) is 19.3 Å². The van der Waals surface area contributed by atoms with Crippen molar-refractivity contribution in [3.63, 3.8) is 0 Å². The first kappa shape index (κ1) is 9.31. The van der Waals surface area contributed by atoms with Gasteiger partial charge in [0.15, 0.2) is 0 Å². The molecule has 1 aromatic rings. The molecule has 0 spiro atoms. The van der Waals surface area contributed by atoms with Crippen LogP contribution in [0.15, 0.2) is 18.3 Å². The quantitative estimate of drug-likeness (QED) is 0.767. The molecule has 1 aliphatic carbocycles. The van der Waals surface area contributed by atoms with Crippen LogP contribution >= 0.6 is 0 Å². The van der Waals surface area contributed by atoms with Gasteiger partial charge in [0.1, 0.15) is 5.82 Å². The third kappa shape index (κ3) is 2.16. The van der Waals surface area contributed by atoms with Gasteiger partial charge >= 0.3 is 0 Å².